The van der Waals surface area contributed by atoms with E-state index in [1.54, 1.807) is 6.07 Å². The molecule has 1 fully saturated rings. The Bertz CT molecular complexity index is 472. The van der Waals surface area contributed by atoms with Gasteiger partial charge in [0.25, 0.3) is 0 Å². The second-order valence-electron chi connectivity index (χ2n) is 5.11. The molecule has 1 aliphatic carbocycles. The zero-order chi connectivity index (χ0) is 14.4. The zero-order valence-electron chi connectivity index (χ0n) is 11.8. The fraction of sp³-hybridized carbons (Fsp3) is 0.533. The van der Waals surface area contributed by atoms with Crippen LogP contribution < -0.4 is 10.6 Å². The number of guanidine groups is 1. The number of benzene rings is 1. The summed E-state index contributed by atoms with van der Waals surface area (Å²) in [6.07, 6.45) is 1.94. The molecule has 110 valence electrons. The van der Waals surface area contributed by atoms with Gasteiger partial charge in [-0.2, -0.15) is 0 Å². The second-order valence-corrected chi connectivity index (χ2v) is 5.11. The van der Waals surface area contributed by atoms with Gasteiger partial charge in [-0.1, -0.05) is 18.2 Å². The molecular weight excluding hydrogens is 257 g/mol. The van der Waals surface area contributed by atoms with E-state index in [1.807, 2.05) is 19.1 Å². The van der Waals surface area contributed by atoms with Gasteiger partial charge in [0.1, 0.15) is 5.82 Å². The predicted molar refractivity (Wildman–Crippen MR) is 78.4 cm³/mol. The number of nitrogens with zero attached hydrogens (tertiary/aromatic N) is 1. The smallest absolute Gasteiger partial charge is 0.191 e. The lowest BCUT2D eigenvalue weighted by Crippen LogP contribution is -2.39. The summed E-state index contributed by atoms with van der Waals surface area (Å²) < 4.78 is 13.9. The van der Waals surface area contributed by atoms with E-state index in [4.69, 9.17) is 5.11 Å². The van der Waals surface area contributed by atoms with E-state index in [0.29, 0.717) is 19.0 Å². The van der Waals surface area contributed by atoms with Crippen LogP contribution in [0.2, 0.25) is 0 Å². The average Bonchev–Trinajstić information content (AvgIpc) is 3.23. The molecule has 1 aromatic rings. The van der Waals surface area contributed by atoms with E-state index in [0.717, 1.165) is 24.9 Å². The molecule has 0 aliphatic heterocycles. The Balaban J connectivity index is 2.06. The van der Waals surface area contributed by atoms with Crippen molar-refractivity contribution in [3.63, 3.8) is 0 Å². The Labute approximate surface area is 119 Å². The lowest BCUT2D eigenvalue weighted by atomic mass is 9.95. The molecule has 5 heteroatoms. The molecule has 1 saturated carbocycles. The minimum Gasteiger partial charge on any atom is -0.395 e. The Morgan fingerprint density at radius 1 is 1.35 bits per heavy atom. The topological polar surface area (TPSA) is 56.7 Å². The molecule has 0 radical (unpaired) electrons. The second kappa shape index (κ2) is 6.70. The highest BCUT2D eigenvalue weighted by Crippen LogP contribution is 2.49. The SMILES string of the molecule is CCNC(=NCC1(c2ccccc2F)CC1)NCCO. The first-order chi connectivity index (χ1) is 9.72. The molecule has 0 heterocycles. The number of aliphatic imine (C=N–C) groups is 1. The fourth-order valence-corrected chi connectivity index (χ4v) is 2.30. The maximum atomic E-state index is 13.9. The molecule has 0 atom stereocenters. The van der Waals surface area contributed by atoms with Crippen LogP contribution in [-0.4, -0.2) is 37.3 Å². The Kier molecular flexibility index (Phi) is 4.95. The van der Waals surface area contributed by atoms with Crippen molar-refractivity contribution in [2.45, 2.75) is 25.2 Å². The molecule has 0 bridgehead atoms. The van der Waals surface area contributed by atoms with Gasteiger partial charge in [-0.3, -0.25) is 4.99 Å². The molecule has 3 N–H and O–H groups in total. The molecule has 4 nitrogen and oxygen atoms in total. The van der Waals surface area contributed by atoms with E-state index in [-0.39, 0.29) is 17.8 Å². The number of aliphatic hydroxyl groups is 1. The predicted octanol–water partition coefficient (Wildman–Crippen LogP) is 1.40. The number of aliphatic hydroxyl groups excluding tert-OH is 1. The van der Waals surface area contributed by atoms with Crippen LogP contribution in [0.3, 0.4) is 0 Å². The zero-order valence-corrected chi connectivity index (χ0v) is 11.8. The van der Waals surface area contributed by atoms with Crippen molar-refractivity contribution in [1.29, 1.82) is 0 Å². The summed E-state index contributed by atoms with van der Waals surface area (Å²) in [5, 5.41) is 15.0. The largest absolute Gasteiger partial charge is 0.395 e. The van der Waals surface area contributed by atoms with Gasteiger partial charge in [0.05, 0.1) is 13.2 Å². The van der Waals surface area contributed by atoms with Crippen LogP contribution in [-0.2, 0) is 5.41 Å². The number of hydrogen-bond donors (Lipinski definition) is 3. The van der Waals surface area contributed by atoms with Crippen LogP contribution in [0.5, 0.6) is 0 Å². The minimum atomic E-state index is -0.146. The van der Waals surface area contributed by atoms with Crippen molar-refractivity contribution in [2.24, 2.45) is 4.99 Å². The van der Waals surface area contributed by atoms with Crippen LogP contribution in [0.4, 0.5) is 4.39 Å². The molecule has 0 aromatic heterocycles. The number of halogens is 1. The van der Waals surface area contributed by atoms with E-state index >= 15 is 0 Å². The summed E-state index contributed by atoms with van der Waals surface area (Å²) in [5.74, 6) is 0.526. The van der Waals surface area contributed by atoms with Crippen molar-refractivity contribution < 1.29 is 9.50 Å². The molecule has 0 saturated heterocycles. The maximum absolute atomic E-state index is 13.9. The first-order valence-electron chi connectivity index (χ1n) is 7.10. The van der Waals surface area contributed by atoms with Gasteiger partial charge in [0.15, 0.2) is 5.96 Å². The van der Waals surface area contributed by atoms with Crippen molar-refractivity contribution in [3.8, 4) is 0 Å². The van der Waals surface area contributed by atoms with Crippen molar-refractivity contribution in [3.05, 3.63) is 35.6 Å². The summed E-state index contributed by atoms with van der Waals surface area (Å²) in [6.45, 7) is 3.82. The monoisotopic (exact) mass is 279 g/mol. The Morgan fingerprint density at radius 2 is 2.10 bits per heavy atom. The summed E-state index contributed by atoms with van der Waals surface area (Å²) in [7, 11) is 0. The lowest BCUT2D eigenvalue weighted by Gasteiger charge is -2.16. The molecule has 0 amide bonds. The summed E-state index contributed by atoms with van der Waals surface area (Å²) in [4.78, 5) is 4.52. The van der Waals surface area contributed by atoms with E-state index in [1.165, 1.54) is 6.07 Å². The number of nitrogens with one attached hydrogen (secondary N) is 2. The van der Waals surface area contributed by atoms with E-state index in [2.05, 4.69) is 15.6 Å². The summed E-state index contributed by atoms with van der Waals surface area (Å²) in [5.41, 5.74) is 0.620. The van der Waals surface area contributed by atoms with Crippen LogP contribution in [0, 0.1) is 5.82 Å². The van der Waals surface area contributed by atoms with Crippen molar-refractivity contribution >= 4 is 5.96 Å². The first kappa shape index (κ1) is 14.8. The molecule has 0 spiro atoms. The average molecular weight is 279 g/mol. The standard InChI is InChI=1S/C15H22FN3O/c1-2-17-14(18-9-10-20)19-11-15(7-8-15)12-5-3-4-6-13(12)16/h3-6,20H,2,7-11H2,1H3,(H2,17,18,19). The third kappa shape index (κ3) is 3.48. The highest BCUT2D eigenvalue weighted by Gasteiger charge is 2.45. The van der Waals surface area contributed by atoms with Gasteiger partial charge >= 0.3 is 0 Å². The lowest BCUT2D eigenvalue weighted by molar-refractivity contribution is 0.300. The third-order valence-electron chi connectivity index (χ3n) is 3.59. The van der Waals surface area contributed by atoms with E-state index in [9.17, 15) is 4.39 Å². The molecule has 1 aliphatic rings. The minimum absolute atomic E-state index is 0.0584. The summed E-state index contributed by atoms with van der Waals surface area (Å²) in [6, 6.07) is 6.95. The Morgan fingerprint density at radius 3 is 2.70 bits per heavy atom. The third-order valence-corrected chi connectivity index (χ3v) is 3.59. The van der Waals surface area contributed by atoms with Gasteiger partial charge in [-0.25, -0.2) is 4.39 Å². The molecular formula is C15H22FN3O. The number of hydrogen-bond acceptors (Lipinski definition) is 2. The normalized spacial score (nSPS) is 16.9. The van der Waals surface area contributed by atoms with Crippen LogP contribution in [0.25, 0.3) is 0 Å². The van der Waals surface area contributed by atoms with Crippen LogP contribution in [0.1, 0.15) is 25.3 Å². The van der Waals surface area contributed by atoms with Gasteiger partial charge in [0, 0.05) is 18.5 Å². The molecule has 0 unspecified atom stereocenters. The summed E-state index contributed by atoms with van der Waals surface area (Å²) >= 11 is 0. The van der Waals surface area contributed by atoms with Gasteiger partial charge in [0.2, 0.25) is 0 Å². The highest BCUT2D eigenvalue weighted by atomic mass is 19.1. The Hall–Kier alpha value is -1.62. The van der Waals surface area contributed by atoms with Crippen LogP contribution >= 0.6 is 0 Å². The molecule has 2 rings (SSSR count). The van der Waals surface area contributed by atoms with E-state index < -0.39 is 0 Å². The van der Waals surface area contributed by atoms with Crippen LogP contribution in [0.15, 0.2) is 29.3 Å². The fourth-order valence-electron chi connectivity index (χ4n) is 2.30. The molecule has 20 heavy (non-hydrogen) atoms. The van der Waals surface area contributed by atoms with Crippen molar-refractivity contribution in [2.75, 3.05) is 26.2 Å². The first-order valence-corrected chi connectivity index (χ1v) is 7.10. The maximum Gasteiger partial charge on any atom is 0.191 e. The van der Waals surface area contributed by atoms with Crippen molar-refractivity contribution in [1.82, 2.24) is 10.6 Å². The van der Waals surface area contributed by atoms with Gasteiger partial charge < -0.3 is 15.7 Å². The highest BCUT2D eigenvalue weighted by molar-refractivity contribution is 5.79. The quantitative estimate of drug-likeness (QED) is 0.545. The number of rotatable bonds is 6. The van der Waals surface area contributed by atoms with Gasteiger partial charge in [-0.05, 0) is 31.4 Å². The molecule has 1 aromatic carbocycles. The van der Waals surface area contributed by atoms with Gasteiger partial charge in [-0.15, -0.1) is 0 Å².